The van der Waals surface area contributed by atoms with E-state index >= 15 is 0 Å². The third-order valence-corrected chi connectivity index (χ3v) is 7.40. The number of rotatable bonds is 6. The summed E-state index contributed by atoms with van der Waals surface area (Å²) < 4.78 is 6.55. The van der Waals surface area contributed by atoms with E-state index in [9.17, 15) is 9.59 Å². The van der Waals surface area contributed by atoms with Crippen LogP contribution in [-0.2, 0) is 4.79 Å². The molecule has 2 aliphatic rings. The molecule has 1 aromatic heterocycles. The lowest BCUT2D eigenvalue weighted by Crippen LogP contribution is -2.54. The summed E-state index contributed by atoms with van der Waals surface area (Å²) in [7, 11) is 1.66. The smallest absolute Gasteiger partial charge is 0.292 e. The lowest BCUT2D eigenvalue weighted by atomic mass is 10.2. The molecular weight excluding hydrogens is 492 g/mol. The van der Waals surface area contributed by atoms with Gasteiger partial charge in [0.2, 0.25) is 5.91 Å². The van der Waals surface area contributed by atoms with Crippen LogP contribution in [0.4, 0.5) is 11.4 Å². The number of hydrogen-bond acceptors (Lipinski definition) is 7. The van der Waals surface area contributed by atoms with Gasteiger partial charge < -0.3 is 19.4 Å². The second kappa shape index (κ2) is 11.2. The molecule has 0 saturated carbocycles. The van der Waals surface area contributed by atoms with Crippen LogP contribution in [0.15, 0.2) is 65.6 Å². The van der Waals surface area contributed by atoms with E-state index in [1.165, 1.54) is 4.68 Å². The number of carbonyl (C=O) groups excluding carboxylic acids is 1. The van der Waals surface area contributed by atoms with Crippen molar-refractivity contribution in [1.29, 1.82) is 0 Å². The topological polar surface area (TPSA) is 74.2 Å². The van der Waals surface area contributed by atoms with E-state index in [0.717, 1.165) is 37.6 Å². The van der Waals surface area contributed by atoms with Crippen molar-refractivity contribution in [3.63, 3.8) is 0 Å². The van der Waals surface area contributed by atoms with Gasteiger partial charge in [-0.3, -0.25) is 14.5 Å². The quantitative estimate of drug-likeness (QED) is 0.492. The number of methoxy groups -OCH3 is 1. The Bertz CT molecular complexity index is 1270. The van der Waals surface area contributed by atoms with Crippen LogP contribution in [0.5, 0.6) is 5.75 Å². The van der Waals surface area contributed by atoms with Gasteiger partial charge in [-0.15, -0.1) is 0 Å². The number of carbonyl (C=O) groups is 1. The van der Waals surface area contributed by atoms with Crippen molar-refractivity contribution >= 4 is 28.9 Å². The van der Waals surface area contributed by atoms with Crippen LogP contribution in [0.1, 0.15) is 0 Å². The SMILES string of the molecule is COc1ccc(N2CCN(C(=O)CN3CCN(c4cnn(-c5ccccc5)c(=O)c4Cl)CC3)CC2)cc1. The highest BCUT2D eigenvalue weighted by Crippen LogP contribution is 2.24. The Morgan fingerprint density at radius 3 is 2.16 bits per heavy atom. The molecule has 2 aromatic carbocycles. The van der Waals surface area contributed by atoms with Gasteiger partial charge in [-0.1, -0.05) is 29.8 Å². The van der Waals surface area contributed by atoms with E-state index in [1.54, 1.807) is 13.3 Å². The number of hydrogen-bond donors (Lipinski definition) is 0. The molecular formula is C27H31ClN6O3. The van der Waals surface area contributed by atoms with Gasteiger partial charge in [-0.05, 0) is 36.4 Å². The third kappa shape index (κ3) is 5.57. The molecule has 37 heavy (non-hydrogen) atoms. The first-order valence-electron chi connectivity index (χ1n) is 12.5. The summed E-state index contributed by atoms with van der Waals surface area (Å²) in [4.78, 5) is 34.3. The number of benzene rings is 2. The molecule has 5 rings (SSSR count). The zero-order chi connectivity index (χ0) is 25.8. The van der Waals surface area contributed by atoms with Gasteiger partial charge in [-0.25, -0.2) is 0 Å². The molecule has 1 amide bonds. The van der Waals surface area contributed by atoms with Gasteiger partial charge in [-0.2, -0.15) is 9.78 Å². The Hall–Kier alpha value is -3.56. The Labute approximate surface area is 221 Å². The number of ether oxygens (including phenoxy) is 1. The highest BCUT2D eigenvalue weighted by molar-refractivity contribution is 6.33. The Balaban J connectivity index is 1.12. The number of nitrogens with zero attached hydrogens (tertiary/aromatic N) is 6. The molecule has 0 bridgehead atoms. The maximum Gasteiger partial charge on any atom is 0.292 e. The number of halogens is 1. The van der Waals surface area contributed by atoms with E-state index in [0.29, 0.717) is 44.1 Å². The summed E-state index contributed by atoms with van der Waals surface area (Å²) in [5, 5.41) is 4.51. The highest BCUT2D eigenvalue weighted by Gasteiger charge is 2.26. The summed E-state index contributed by atoms with van der Waals surface area (Å²) >= 11 is 6.48. The number of amides is 1. The van der Waals surface area contributed by atoms with Crippen molar-refractivity contribution < 1.29 is 9.53 Å². The normalized spacial score (nSPS) is 16.6. The molecule has 3 heterocycles. The molecule has 0 unspecified atom stereocenters. The van der Waals surface area contributed by atoms with E-state index in [2.05, 4.69) is 31.9 Å². The van der Waals surface area contributed by atoms with Crippen molar-refractivity contribution in [2.75, 3.05) is 75.8 Å². The fraction of sp³-hybridized carbons (Fsp3) is 0.370. The molecule has 2 aliphatic heterocycles. The highest BCUT2D eigenvalue weighted by atomic mass is 35.5. The van der Waals surface area contributed by atoms with Crippen LogP contribution in [0.2, 0.25) is 5.02 Å². The van der Waals surface area contributed by atoms with Gasteiger partial charge >= 0.3 is 0 Å². The van der Waals surface area contributed by atoms with E-state index in [4.69, 9.17) is 16.3 Å². The molecule has 0 aliphatic carbocycles. The zero-order valence-corrected chi connectivity index (χ0v) is 21.7. The summed E-state index contributed by atoms with van der Waals surface area (Å²) in [5.41, 5.74) is 2.12. The van der Waals surface area contributed by atoms with Gasteiger partial charge in [0.15, 0.2) is 0 Å². The minimum absolute atomic E-state index is 0.160. The second-order valence-corrected chi connectivity index (χ2v) is 9.60. The average molecular weight is 523 g/mol. The van der Waals surface area contributed by atoms with E-state index < -0.39 is 0 Å². The molecule has 194 valence electrons. The molecule has 0 spiro atoms. The van der Waals surface area contributed by atoms with Gasteiger partial charge in [0.05, 0.1) is 31.2 Å². The molecule has 2 saturated heterocycles. The summed E-state index contributed by atoms with van der Waals surface area (Å²) in [5.74, 6) is 1.00. The third-order valence-electron chi connectivity index (χ3n) is 7.04. The lowest BCUT2D eigenvalue weighted by Gasteiger charge is -2.39. The van der Waals surface area contributed by atoms with Gasteiger partial charge in [0, 0.05) is 58.0 Å². The first kappa shape index (κ1) is 25.1. The maximum atomic E-state index is 13.0. The predicted molar refractivity (Wildman–Crippen MR) is 145 cm³/mol. The number of para-hydroxylation sites is 1. The predicted octanol–water partition coefficient (Wildman–Crippen LogP) is 2.37. The van der Waals surface area contributed by atoms with Gasteiger partial charge in [0.1, 0.15) is 10.8 Å². The zero-order valence-electron chi connectivity index (χ0n) is 20.9. The molecule has 0 radical (unpaired) electrons. The minimum atomic E-state index is -0.336. The fourth-order valence-corrected chi connectivity index (χ4v) is 5.09. The molecule has 0 N–H and O–H groups in total. The van der Waals surface area contributed by atoms with Crippen LogP contribution < -0.4 is 20.1 Å². The Kier molecular flexibility index (Phi) is 7.62. The first-order chi connectivity index (χ1) is 18.0. The minimum Gasteiger partial charge on any atom is -0.497 e. The molecule has 9 nitrogen and oxygen atoms in total. The monoisotopic (exact) mass is 522 g/mol. The Morgan fingerprint density at radius 2 is 1.51 bits per heavy atom. The van der Waals surface area contributed by atoms with E-state index in [1.807, 2.05) is 47.4 Å². The van der Waals surface area contributed by atoms with Crippen LogP contribution in [0, 0.1) is 0 Å². The number of piperazine rings is 2. The molecule has 10 heteroatoms. The van der Waals surface area contributed by atoms with Crippen molar-refractivity contribution in [1.82, 2.24) is 19.6 Å². The van der Waals surface area contributed by atoms with Crippen LogP contribution in [0.3, 0.4) is 0 Å². The Morgan fingerprint density at radius 1 is 0.865 bits per heavy atom. The van der Waals surface area contributed by atoms with Crippen LogP contribution in [-0.4, -0.2) is 91.5 Å². The van der Waals surface area contributed by atoms with E-state index in [-0.39, 0.29) is 16.5 Å². The summed E-state index contributed by atoms with van der Waals surface area (Å²) in [6, 6.07) is 17.3. The molecule has 0 atom stereocenters. The first-order valence-corrected chi connectivity index (χ1v) is 12.9. The molecule has 2 fully saturated rings. The maximum absolute atomic E-state index is 13.0. The van der Waals surface area contributed by atoms with Crippen molar-refractivity contribution in [2.24, 2.45) is 0 Å². The standard InChI is InChI=1S/C27H31ClN6O3/c1-37-23-9-7-21(8-10-23)31-15-17-33(18-16-31)25(35)20-30-11-13-32(14-12-30)24-19-29-34(27(36)26(24)28)22-5-3-2-4-6-22/h2-10,19H,11-18,20H2,1H3. The van der Waals surface area contributed by atoms with Crippen molar-refractivity contribution in [3.05, 3.63) is 76.2 Å². The van der Waals surface area contributed by atoms with Gasteiger partial charge in [0.25, 0.3) is 5.56 Å². The van der Waals surface area contributed by atoms with Crippen LogP contribution >= 0.6 is 11.6 Å². The summed E-state index contributed by atoms with van der Waals surface area (Å²) in [6.45, 7) is 6.23. The van der Waals surface area contributed by atoms with Crippen molar-refractivity contribution in [2.45, 2.75) is 0 Å². The number of anilines is 2. The fourth-order valence-electron chi connectivity index (χ4n) is 4.84. The molecule has 3 aromatic rings. The number of aromatic nitrogens is 2. The van der Waals surface area contributed by atoms with Crippen molar-refractivity contribution in [3.8, 4) is 11.4 Å². The van der Waals surface area contributed by atoms with Crippen LogP contribution in [0.25, 0.3) is 5.69 Å². The summed E-state index contributed by atoms with van der Waals surface area (Å²) in [6.07, 6.45) is 1.65. The average Bonchev–Trinajstić information content (AvgIpc) is 2.95. The lowest BCUT2D eigenvalue weighted by molar-refractivity contribution is -0.132. The second-order valence-electron chi connectivity index (χ2n) is 9.23. The largest absolute Gasteiger partial charge is 0.497 e.